The summed E-state index contributed by atoms with van der Waals surface area (Å²) in [5.74, 6) is 0.166. The van der Waals surface area contributed by atoms with Crippen LogP contribution in [0.2, 0.25) is 0 Å². The predicted octanol–water partition coefficient (Wildman–Crippen LogP) is 2.11. The topological polar surface area (TPSA) is 55.1 Å². The number of nitrogens with one attached hydrogen (secondary N) is 1. The molecule has 4 atom stereocenters. The molecule has 0 bridgehead atoms. The lowest BCUT2D eigenvalue weighted by Gasteiger charge is -2.39. The normalized spacial score (nSPS) is 31.1. The van der Waals surface area contributed by atoms with E-state index in [2.05, 4.69) is 43.4 Å². The van der Waals surface area contributed by atoms with Crippen molar-refractivity contribution < 1.29 is 4.79 Å². The summed E-state index contributed by atoms with van der Waals surface area (Å²) in [5.41, 5.74) is 6.90. The molecule has 2 rings (SSSR count). The highest BCUT2D eigenvalue weighted by atomic mass is 16.1. The number of piperidine rings is 1. The minimum Gasteiger partial charge on any atom is -0.369 e. The van der Waals surface area contributed by atoms with Gasteiger partial charge >= 0.3 is 0 Å². The van der Waals surface area contributed by atoms with Crippen LogP contribution >= 0.6 is 0 Å². The Balaban J connectivity index is 2.01. The third-order valence-electron chi connectivity index (χ3n) is 4.19. The molecular weight excluding hydrogens is 236 g/mol. The molecule has 1 fully saturated rings. The summed E-state index contributed by atoms with van der Waals surface area (Å²) in [7, 11) is 0. The molecule has 19 heavy (non-hydrogen) atoms. The van der Waals surface area contributed by atoms with Crippen LogP contribution in [-0.4, -0.2) is 18.0 Å². The van der Waals surface area contributed by atoms with E-state index in [-0.39, 0.29) is 17.9 Å². The molecule has 1 saturated heterocycles. The number of carbonyl (C=O) groups is 1. The third kappa shape index (κ3) is 3.57. The van der Waals surface area contributed by atoms with E-state index < -0.39 is 0 Å². The van der Waals surface area contributed by atoms with Gasteiger partial charge in [-0.2, -0.15) is 0 Å². The van der Waals surface area contributed by atoms with Crippen LogP contribution in [-0.2, 0) is 11.2 Å². The molecule has 0 spiro atoms. The number of primary amides is 1. The zero-order chi connectivity index (χ0) is 13.8. The Hall–Kier alpha value is -1.35. The number of aryl methyl sites for hydroxylation is 1. The van der Waals surface area contributed by atoms with E-state index in [1.807, 2.05) is 6.07 Å². The lowest BCUT2D eigenvalue weighted by Crippen LogP contribution is -2.54. The summed E-state index contributed by atoms with van der Waals surface area (Å²) in [5, 5.41) is 3.55. The standard InChI is InChI=1S/C16H24N2O/c1-11-10-12(2)18-14(15(11)16(17)19)9-8-13-6-4-3-5-7-13/h3-7,11-12,14-15,18H,8-10H2,1-2H3,(H2,17,19). The quantitative estimate of drug-likeness (QED) is 0.871. The van der Waals surface area contributed by atoms with Gasteiger partial charge in [-0.05, 0) is 37.7 Å². The van der Waals surface area contributed by atoms with Gasteiger partial charge in [0.2, 0.25) is 5.91 Å². The number of carbonyl (C=O) groups excluding carboxylic acids is 1. The second kappa shape index (κ2) is 6.20. The van der Waals surface area contributed by atoms with Crippen molar-refractivity contribution in [3.8, 4) is 0 Å². The largest absolute Gasteiger partial charge is 0.369 e. The van der Waals surface area contributed by atoms with Gasteiger partial charge in [-0.3, -0.25) is 4.79 Å². The molecule has 0 saturated carbocycles. The fraction of sp³-hybridized carbons (Fsp3) is 0.562. The molecule has 4 unspecified atom stereocenters. The molecule has 1 aliphatic rings. The first-order valence-electron chi connectivity index (χ1n) is 7.17. The summed E-state index contributed by atoms with van der Waals surface area (Å²) in [6.07, 6.45) is 2.98. The van der Waals surface area contributed by atoms with E-state index in [9.17, 15) is 4.79 Å². The van der Waals surface area contributed by atoms with E-state index in [0.29, 0.717) is 12.0 Å². The van der Waals surface area contributed by atoms with Crippen molar-refractivity contribution in [3.63, 3.8) is 0 Å². The molecular formula is C16H24N2O. The van der Waals surface area contributed by atoms with Crippen molar-refractivity contribution >= 4 is 5.91 Å². The minimum atomic E-state index is -0.162. The molecule has 104 valence electrons. The molecule has 1 heterocycles. The van der Waals surface area contributed by atoms with Crippen molar-refractivity contribution in [1.29, 1.82) is 0 Å². The van der Waals surface area contributed by atoms with E-state index in [1.54, 1.807) is 0 Å². The zero-order valence-corrected chi connectivity index (χ0v) is 11.8. The maximum Gasteiger partial charge on any atom is 0.222 e. The van der Waals surface area contributed by atoms with Crippen LogP contribution in [0.5, 0.6) is 0 Å². The van der Waals surface area contributed by atoms with Crippen molar-refractivity contribution in [1.82, 2.24) is 5.32 Å². The molecule has 3 heteroatoms. The fourth-order valence-electron chi connectivity index (χ4n) is 3.35. The summed E-state index contributed by atoms with van der Waals surface area (Å²) in [6, 6.07) is 11.1. The van der Waals surface area contributed by atoms with Crippen molar-refractivity contribution in [2.45, 2.75) is 45.2 Å². The zero-order valence-electron chi connectivity index (χ0n) is 11.8. The monoisotopic (exact) mass is 260 g/mol. The Morgan fingerprint density at radius 3 is 2.63 bits per heavy atom. The van der Waals surface area contributed by atoms with Crippen molar-refractivity contribution in [2.24, 2.45) is 17.6 Å². The molecule has 0 aliphatic carbocycles. The van der Waals surface area contributed by atoms with Gasteiger partial charge in [-0.1, -0.05) is 37.3 Å². The number of rotatable bonds is 4. The average Bonchev–Trinajstić information content (AvgIpc) is 2.36. The van der Waals surface area contributed by atoms with Gasteiger partial charge in [0.15, 0.2) is 0 Å². The Labute approximate surface area is 115 Å². The van der Waals surface area contributed by atoms with Gasteiger partial charge in [0, 0.05) is 12.1 Å². The molecule has 1 aromatic carbocycles. The van der Waals surface area contributed by atoms with E-state index in [4.69, 9.17) is 5.73 Å². The Kier molecular flexibility index (Phi) is 4.59. The van der Waals surface area contributed by atoms with Crippen LogP contribution in [0.3, 0.4) is 0 Å². The number of hydrogen-bond donors (Lipinski definition) is 2. The van der Waals surface area contributed by atoms with Gasteiger partial charge in [0.1, 0.15) is 0 Å². The fourth-order valence-corrected chi connectivity index (χ4v) is 3.35. The maximum atomic E-state index is 11.7. The first-order chi connectivity index (χ1) is 9.08. The maximum absolute atomic E-state index is 11.7. The molecule has 3 N–H and O–H groups in total. The predicted molar refractivity (Wildman–Crippen MR) is 77.6 cm³/mol. The van der Waals surface area contributed by atoms with Crippen LogP contribution in [0, 0.1) is 11.8 Å². The van der Waals surface area contributed by atoms with Gasteiger partial charge in [0.05, 0.1) is 5.92 Å². The second-order valence-corrected chi connectivity index (χ2v) is 5.84. The Morgan fingerprint density at radius 2 is 2.00 bits per heavy atom. The highest BCUT2D eigenvalue weighted by Crippen LogP contribution is 2.28. The average molecular weight is 260 g/mol. The van der Waals surface area contributed by atoms with Crippen LogP contribution in [0.4, 0.5) is 0 Å². The molecule has 3 nitrogen and oxygen atoms in total. The molecule has 1 aromatic rings. The smallest absolute Gasteiger partial charge is 0.222 e. The number of benzene rings is 1. The Bertz CT molecular complexity index is 418. The summed E-state index contributed by atoms with van der Waals surface area (Å²) < 4.78 is 0. The number of hydrogen-bond acceptors (Lipinski definition) is 2. The summed E-state index contributed by atoms with van der Waals surface area (Å²) in [4.78, 5) is 11.7. The Morgan fingerprint density at radius 1 is 1.32 bits per heavy atom. The number of amides is 1. The van der Waals surface area contributed by atoms with E-state index in [1.165, 1.54) is 5.56 Å². The molecule has 1 amide bonds. The van der Waals surface area contributed by atoms with Crippen molar-refractivity contribution in [2.75, 3.05) is 0 Å². The van der Waals surface area contributed by atoms with Crippen LogP contribution in [0.1, 0.15) is 32.3 Å². The van der Waals surface area contributed by atoms with Gasteiger partial charge < -0.3 is 11.1 Å². The third-order valence-corrected chi connectivity index (χ3v) is 4.19. The number of nitrogens with two attached hydrogens (primary N) is 1. The van der Waals surface area contributed by atoms with Crippen LogP contribution in [0.25, 0.3) is 0 Å². The summed E-state index contributed by atoms with van der Waals surface area (Å²) >= 11 is 0. The summed E-state index contributed by atoms with van der Waals surface area (Å²) in [6.45, 7) is 4.32. The lowest BCUT2D eigenvalue weighted by molar-refractivity contribution is -0.125. The van der Waals surface area contributed by atoms with E-state index >= 15 is 0 Å². The minimum absolute atomic E-state index is 0.0417. The van der Waals surface area contributed by atoms with E-state index in [0.717, 1.165) is 19.3 Å². The first-order valence-corrected chi connectivity index (χ1v) is 7.17. The highest BCUT2D eigenvalue weighted by Gasteiger charge is 2.36. The van der Waals surface area contributed by atoms with Gasteiger partial charge in [-0.15, -0.1) is 0 Å². The molecule has 1 aliphatic heterocycles. The SMILES string of the molecule is CC1CC(C)C(C(N)=O)C(CCc2ccccc2)N1. The van der Waals surface area contributed by atoms with Gasteiger partial charge in [0.25, 0.3) is 0 Å². The highest BCUT2D eigenvalue weighted by molar-refractivity contribution is 5.78. The van der Waals surface area contributed by atoms with Crippen LogP contribution < -0.4 is 11.1 Å². The van der Waals surface area contributed by atoms with Crippen molar-refractivity contribution in [3.05, 3.63) is 35.9 Å². The lowest BCUT2D eigenvalue weighted by atomic mass is 9.77. The van der Waals surface area contributed by atoms with Gasteiger partial charge in [-0.25, -0.2) is 0 Å². The second-order valence-electron chi connectivity index (χ2n) is 5.84. The van der Waals surface area contributed by atoms with Crippen LogP contribution in [0.15, 0.2) is 30.3 Å². The molecule has 0 aromatic heterocycles. The first kappa shape index (κ1) is 14.1. The molecule has 0 radical (unpaired) electrons.